The summed E-state index contributed by atoms with van der Waals surface area (Å²) in [5.41, 5.74) is 9.18. The smallest absolute Gasteiger partial charge is 0.330 e. The predicted molar refractivity (Wildman–Crippen MR) is 205 cm³/mol. The molecule has 7 nitrogen and oxygen atoms in total. The molecule has 0 aromatic heterocycles. The summed E-state index contributed by atoms with van der Waals surface area (Å²) in [6, 6.07) is 40.0. The molecule has 0 radical (unpaired) electrons. The van der Waals surface area contributed by atoms with Crippen LogP contribution in [0.1, 0.15) is 57.8 Å². The molecule has 0 unspecified atom stereocenters. The minimum absolute atomic E-state index is 0.0693. The number of carboxylic acid groups (broad SMARTS) is 1. The Bertz CT molecular complexity index is 2040. The molecule has 258 valence electrons. The number of carbonyl (C=O) groups is 2. The fourth-order valence-electron chi connectivity index (χ4n) is 7.57. The summed E-state index contributed by atoms with van der Waals surface area (Å²) in [7, 11) is 0. The summed E-state index contributed by atoms with van der Waals surface area (Å²) >= 11 is 0. The van der Waals surface area contributed by atoms with Crippen LogP contribution in [0.3, 0.4) is 0 Å². The maximum atomic E-state index is 14.0. The lowest BCUT2D eigenvalue weighted by atomic mass is 9.87. The first-order valence-electron chi connectivity index (χ1n) is 17.8. The molecule has 5 aromatic rings. The van der Waals surface area contributed by atoms with Gasteiger partial charge in [0.15, 0.2) is 6.04 Å². The van der Waals surface area contributed by atoms with E-state index in [4.69, 9.17) is 4.99 Å². The van der Waals surface area contributed by atoms with Gasteiger partial charge >= 0.3 is 5.97 Å². The maximum absolute atomic E-state index is 14.0. The average molecular weight is 677 g/mol. The Hall–Kier alpha value is -5.53. The monoisotopic (exact) mass is 676 g/mol. The highest BCUT2D eigenvalue weighted by Crippen LogP contribution is 2.38. The van der Waals surface area contributed by atoms with Crippen molar-refractivity contribution >= 4 is 29.0 Å². The van der Waals surface area contributed by atoms with Gasteiger partial charge in [0.2, 0.25) is 5.91 Å². The van der Waals surface area contributed by atoms with Crippen LogP contribution < -0.4 is 10.2 Å². The van der Waals surface area contributed by atoms with Gasteiger partial charge in [-0.25, -0.2) is 4.79 Å². The highest BCUT2D eigenvalue weighted by molar-refractivity contribution is 6.17. The van der Waals surface area contributed by atoms with Crippen molar-refractivity contribution in [1.29, 1.82) is 0 Å². The minimum Gasteiger partial charge on any atom is -0.480 e. The lowest BCUT2D eigenvalue weighted by molar-refractivity contribution is -0.139. The first kappa shape index (κ1) is 33.9. The summed E-state index contributed by atoms with van der Waals surface area (Å²) in [4.78, 5) is 37.2. The van der Waals surface area contributed by atoms with Crippen LogP contribution in [-0.4, -0.2) is 52.8 Å². The molecule has 0 bridgehead atoms. The number of hydrogen-bond donors (Lipinski definition) is 2. The quantitative estimate of drug-likeness (QED) is 0.147. The van der Waals surface area contributed by atoms with E-state index in [-0.39, 0.29) is 11.9 Å². The molecule has 51 heavy (non-hydrogen) atoms. The van der Waals surface area contributed by atoms with Gasteiger partial charge in [-0.1, -0.05) is 109 Å². The van der Waals surface area contributed by atoms with E-state index < -0.39 is 18.1 Å². The summed E-state index contributed by atoms with van der Waals surface area (Å²) < 4.78 is 0. The van der Waals surface area contributed by atoms with Crippen molar-refractivity contribution in [2.75, 3.05) is 23.3 Å². The SMILES string of the molecule is Cc1ccc(N2CCc3ccccc3[C@@H]2[C@H](N=C(c2ccccc2)c2ccccc2NC(=O)[C@@H]2CCCN2Cc2ccccc2)C(=O)O)cc1C. The third-order valence-corrected chi connectivity index (χ3v) is 10.4. The van der Waals surface area contributed by atoms with Crippen LogP contribution in [0.15, 0.2) is 132 Å². The fourth-order valence-corrected chi connectivity index (χ4v) is 7.57. The summed E-state index contributed by atoms with van der Waals surface area (Å²) in [5.74, 6) is -1.08. The van der Waals surface area contributed by atoms with Gasteiger partial charge in [0.1, 0.15) is 0 Å². The van der Waals surface area contributed by atoms with Gasteiger partial charge in [-0.2, -0.15) is 0 Å². The van der Waals surface area contributed by atoms with Crippen molar-refractivity contribution in [2.24, 2.45) is 4.99 Å². The Labute approximate surface area is 300 Å². The fraction of sp³-hybridized carbons (Fsp3) is 0.250. The van der Waals surface area contributed by atoms with E-state index in [0.717, 1.165) is 53.7 Å². The van der Waals surface area contributed by atoms with Gasteiger partial charge in [0, 0.05) is 29.9 Å². The lowest BCUT2D eigenvalue weighted by Crippen LogP contribution is -2.44. The second kappa shape index (κ2) is 15.2. The number of carbonyl (C=O) groups excluding carboxylic acids is 1. The van der Waals surface area contributed by atoms with Crippen LogP contribution in [0.5, 0.6) is 0 Å². The molecule has 2 heterocycles. The molecule has 1 fully saturated rings. The second-order valence-electron chi connectivity index (χ2n) is 13.6. The number of benzene rings is 5. The van der Waals surface area contributed by atoms with E-state index in [1.54, 1.807) is 0 Å². The average Bonchev–Trinajstić information content (AvgIpc) is 3.62. The lowest BCUT2D eigenvalue weighted by Gasteiger charge is -2.41. The number of nitrogens with zero attached hydrogens (tertiary/aromatic N) is 3. The van der Waals surface area contributed by atoms with Crippen molar-refractivity contribution in [2.45, 2.75) is 57.8 Å². The molecule has 2 aliphatic rings. The third kappa shape index (κ3) is 7.35. The standard InChI is InChI=1S/C44H44N4O3/c1-30-23-24-35(28-31(30)2)48-27-25-33-16-9-10-19-36(33)42(48)41(44(50)51)46-40(34-17-7-4-8-18-34)37-20-11-12-21-38(37)45-43(49)39-22-13-26-47(39)29-32-14-5-3-6-15-32/h3-12,14-21,23-24,28,39,41-42H,13,22,25-27,29H2,1-2H3,(H,45,49)(H,50,51)/t39-,41-,42+/m0/s1. The number of hydrogen-bond acceptors (Lipinski definition) is 5. The first-order chi connectivity index (χ1) is 24.9. The highest BCUT2D eigenvalue weighted by atomic mass is 16.4. The van der Waals surface area contributed by atoms with Crippen molar-refractivity contribution in [3.63, 3.8) is 0 Å². The van der Waals surface area contributed by atoms with Crippen LogP contribution in [0.4, 0.5) is 11.4 Å². The van der Waals surface area contributed by atoms with E-state index in [1.807, 2.05) is 91.0 Å². The number of amides is 1. The molecule has 7 rings (SSSR count). The topological polar surface area (TPSA) is 85.2 Å². The zero-order valence-corrected chi connectivity index (χ0v) is 29.2. The second-order valence-corrected chi connectivity index (χ2v) is 13.6. The highest BCUT2D eigenvalue weighted by Gasteiger charge is 2.39. The number of nitrogens with one attached hydrogen (secondary N) is 1. The van der Waals surface area contributed by atoms with Crippen LogP contribution in [0, 0.1) is 13.8 Å². The number of anilines is 2. The van der Waals surface area contributed by atoms with Gasteiger partial charge in [0.25, 0.3) is 0 Å². The van der Waals surface area contributed by atoms with Crippen LogP contribution >= 0.6 is 0 Å². The van der Waals surface area contributed by atoms with Crippen molar-refractivity contribution < 1.29 is 14.7 Å². The Balaban J connectivity index is 1.29. The van der Waals surface area contributed by atoms with Gasteiger partial charge < -0.3 is 15.3 Å². The van der Waals surface area contributed by atoms with E-state index in [2.05, 4.69) is 65.4 Å². The molecule has 5 aromatic carbocycles. The number of aliphatic imine (C=N–C) groups is 1. The zero-order valence-electron chi connectivity index (χ0n) is 29.2. The molecule has 0 saturated carbocycles. The predicted octanol–water partition coefficient (Wildman–Crippen LogP) is 8.00. The number of rotatable bonds is 10. The Morgan fingerprint density at radius 1 is 0.824 bits per heavy atom. The summed E-state index contributed by atoms with van der Waals surface area (Å²) in [5, 5.41) is 14.3. The zero-order chi connectivity index (χ0) is 35.3. The maximum Gasteiger partial charge on any atom is 0.330 e. The normalized spacial score (nSPS) is 18.2. The Kier molecular flexibility index (Phi) is 10.1. The summed E-state index contributed by atoms with van der Waals surface area (Å²) in [6.07, 6.45) is 2.53. The molecule has 2 aliphatic heterocycles. The molecule has 0 aliphatic carbocycles. The third-order valence-electron chi connectivity index (χ3n) is 10.4. The summed E-state index contributed by atoms with van der Waals surface area (Å²) in [6.45, 7) is 6.40. The van der Waals surface area contributed by atoms with Gasteiger partial charge in [-0.15, -0.1) is 0 Å². The van der Waals surface area contributed by atoms with Gasteiger partial charge in [-0.05, 0) is 85.7 Å². The van der Waals surface area contributed by atoms with Crippen LogP contribution in [0.2, 0.25) is 0 Å². The number of likely N-dealkylation sites (tertiary alicyclic amines) is 1. The number of fused-ring (bicyclic) bond motifs is 1. The van der Waals surface area contributed by atoms with E-state index in [1.165, 1.54) is 11.1 Å². The first-order valence-corrected chi connectivity index (χ1v) is 17.8. The molecule has 0 spiro atoms. The van der Waals surface area contributed by atoms with Crippen LogP contribution in [-0.2, 0) is 22.6 Å². The van der Waals surface area contributed by atoms with Crippen LogP contribution in [0.25, 0.3) is 0 Å². The Morgan fingerprint density at radius 2 is 1.53 bits per heavy atom. The largest absolute Gasteiger partial charge is 0.480 e. The van der Waals surface area contributed by atoms with Crippen molar-refractivity contribution in [3.8, 4) is 0 Å². The van der Waals surface area contributed by atoms with Gasteiger partial charge in [-0.3, -0.25) is 14.7 Å². The van der Waals surface area contributed by atoms with E-state index >= 15 is 0 Å². The molecule has 7 heteroatoms. The molecular formula is C44H44N4O3. The van der Waals surface area contributed by atoms with Crippen molar-refractivity contribution in [1.82, 2.24) is 4.90 Å². The minimum atomic E-state index is -1.15. The molecule has 3 atom stereocenters. The number of aryl methyl sites for hydroxylation is 2. The van der Waals surface area contributed by atoms with Gasteiger partial charge in [0.05, 0.1) is 23.5 Å². The number of para-hydroxylation sites is 1. The number of aliphatic carboxylic acids is 1. The molecular weight excluding hydrogens is 633 g/mol. The number of carboxylic acids is 1. The molecule has 2 N–H and O–H groups in total. The van der Waals surface area contributed by atoms with Crippen molar-refractivity contribution in [3.05, 3.63) is 166 Å². The van der Waals surface area contributed by atoms with E-state index in [0.29, 0.717) is 30.1 Å². The molecule has 1 saturated heterocycles. The molecule has 1 amide bonds. The van der Waals surface area contributed by atoms with E-state index in [9.17, 15) is 14.7 Å². The Morgan fingerprint density at radius 3 is 2.29 bits per heavy atom.